The highest BCUT2D eigenvalue weighted by Crippen LogP contribution is 2.29. The van der Waals surface area contributed by atoms with Crippen LogP contribution in [0.25, 0.3) is 0 Å². The number of fused-ring (bicyclic) bond motifs is 1. The van der Waals surface area contributed by atoms with E-state index in [-0.39, 0.29) is 30.4 Å². The molecule has 19 heavy (non-hydrogen) atoms. The SMILES string of the molecule is Cc1cnc(C(C)N2CC(=O)N3CCCC3C2=O)o1. The number of amides is 2. The maximum atomic E-state index is 12.4. The molecular weight excluding hydrogens is 246 g/mol. The topological polar surface area (TPSA) is 66.7 Å². The Morgan fingerprint density at radius 2 is 2.26 bits per heavy atom. The summed E-state index contributed by atoms with van der Waals surface area (Å²) in [5, 5.41) is 0. The Balaban J connectivity index is 1.84. The predicted molar refractivity (Wildman–Crippen MR) is 66.1 cm³/mol. The molecular formula is C13H17N3O3. The Morgan fingerprint density at radius 3 is 2.95 bits per heavy atom. The second-order valence-electron chi connectivity index (χ2n) is 5.20. The van der Waals surface area contributed by atoms with Gasteiger partial charge in [0.2, 0.25) is 17.7 Å². The first kappa shape index (κ1) is 12.2. The largest absolute Gasteiger partial charge is 0.444 e. The lowest BCUT2D eigenvalue weighted by atomic mass is 10.1. The number of carbonyl (C=O) groups excluding carboxylic acids is 2. The molecule has 0 aromatic carbocycles. The number of aromatic nitrogens is 1. The zero-order valence-corrected chi connectivity index (χ0v) is 11.1. The van der Waals surface area contributed by atoms with E-state index in [1.165, 1.54) is 0 Å². The third-order valence-corrected chi connectivity index (χ3v) is 3.91. The summed E-state index contributed by atoms with van der Waals surface area (Å²) in [5.74, 6) is 1.24. The molecule has 6 heteroatoms. The second-order valence-corrected chi connectivity index (χ2v) is 5.20. The van der Waals surface area contributed by atoms with Crippen molar-refractivity contribution >= 4 is 11.8 Å². The van der Waals surface area contributed by atoms with Crippen LogP contribution in [0.1, 0.15) is 37.5 Å². The number of aryl methyl sites for hydroxylation is 1. The van der Waals surface area contributed by atoms with Crippen molar-refractivity contribution in [1.29, 1.82) is 0 Å². The lowest BCUT2D eigenvalue weighted by molar-refractivity contribution is -0.156. The smallest absolute Gasteiger partial charge is 0.246 e. The maximum absolute atomic E-state index is 12.4. The Hall–Kier alpha value is -1.85. The van der Waals surface area contributed by atoms with Crippen molar-refractivity contribution in [3.8, 4) is 0 Å². The van der Waals surface area contributed by atoms with Gasteiger partial charge in [-0.3, -0.25) is 9.59 Å². The summed E-state index contributed by atoms with van der Waals surface area (Å²) in [4.78, 5) is 31.9. The van der Waals surface area contributed by atoms with Gasteiger partial charge in [0.15, 0.2) is 0 Å². The number of rotatable bonds is 2. The molecule has 0 saturated carbocycles. The molecule has 3 heterocycles. The number of hydrogen-bond donors (Lipinski definition) is 0. The van der Waals surface area contributed by atoms with Gasteiger partial charge in [0.25, 0.3) is 0 Å². The van der Waals surface area contributed by atoms with Gasteiger partial charge < -0.3 is 14.2 Å². The molecule has 2 saturated heterocycles. The zero-order valence-electron chi connectivity index (χ0n) is 11.1. The molecule has 2 amide bonds. The van der Waals surface area contributed by atoms with E-state index < -0.39 is 0 Å². The van der Waals surface area contributed by atoms with Gasteiger partial charge in [-0.2, -0.15) is 0 Å². The van der Waals surface area contributed by atoms with Gasteiger partial charge in [0, 0.05) is 6.54 Å². The molecule has 2 aliphatic rings. The molecule has 6 nitrogen and oxygen atoms in total. The molecule has 1 aromatic rings. The first-order valence-corrected chi connectivity index (χ1v) is 6.60. The molecule has 0 radical (unpaired) electrons. The van der Waals surface area contributed by atoms with E-state index in [1.807, 2.05) is 13.8 Å². The second kappa shape index (κ2) is 4.36. The van der Waals surface area contributed by atoms with Gasteiger partial charge in [0.05, 0.1) is 6.20 Å². The fourth-order valence-corrected chi connectivity index (χ4v) is 2.85. The maximum Gasteiger partial charge on any atom is 0.246 e. The minimum Gasteiger partial charge on any atom is -0.444 e. The van der Waals surface area contributed by atoms with Crippen LogP contribution in [0.5, 0.6) is 0 Å². The molecule has 0 spiro atoms. The third-order valence-electron chi connectivity index (χ3n) is 3.91. The minimum atomic E-state index is -0.298. The number of nitrogens with zero attached hydrogens (tertiary/aromatic N) is 3. The summed E-state index contributed by atoms with van der Waals surface area (Å²) in [7, 11) is 0. The van der Waals surface area contributed by atoms with E-state index in [0.717, 1.165) is 12.8 Å². The summed E-state index contributed by atoms with van der Waals surface area (Å²) < 4.78 is 5.46. The van der Waals surface area contributed by atoms with Crippen molar-refractivity contribution in [2.75, 3.05) is 13.1 Å². The molecule has 2 unspecified atom stereocenters. The lowest BCUT2D eigenvalue weighted by Gasteiger charge is -2.38. The van der Waals surface area contributed by atoms with Crippen LogP contribution in [0, 0.1) is 6.92 Å². The Labute approximate surface area is 111 Å². The zero-order chi connectivity index (χ0) is 13.6. The molecule has 0 aliphatic carbocycles. The molecule has 0 N–H and O–H groups in total. The van der Waals surface area contributed by atoms with Crippen LogP contribution in [0.3, 0.4) is 0 Å². The average Bonchev–Trinajstić information content (AvgIpc) is 3.01. The van der Waals surface area contributed by atoms with Crippen molar-refractivity contribution in [3.05, 3.63) is 17.8 Å². The fraction of sp³-hybridized carbons (Fsp3) is 0.615. The molecule has 0 bridgehead atoms. The van der Waals surface area contributed by atoms with E-state index in [4.69, 9.17) is 4.42 Å². The number of piperazine rings is 1. The summed E-state index contributed by atoms with van der Waals surface area (Å²) >= 11 is 0. The monoisotopic (exact) mass is 263 g/mol. The molecule has 2 atom stereocenters. The van der Waals surface area contributed by atoms with Gasteiger partial charge in [-0.05, 0) is 26.7 Å². The van der Waals surface area contributed by atoms with Crippen LogP contribution in [-0.2, 0) is 9.59 Å². The molecule has 2 fully saturated rings. The van der Waals surface area contributed by atoms with E-state index in [0.29, 0.717) is 18.2 Å². The van der Waals surface area contributed by atoms with Crippen molar-refractivity contribution in [2.24, 2.45) is 0 Å². The normalized spacial score (nSPS) is 24.8. The minimum absolute atomic E-state index is 0.0143. The van der Waals surface area contributed by atoms with Gasteiger partial charge >= 0.3 is 0 Å². The molecule has 102 valence electrons. The van der Waals surface area contributed by atoms with Crippen LogP contribution in [0.4, 0.5) is 0 Å². The van der Waals surface area contributed by atoms with Crippen molar-refractivity contribution in [1.82, 2.24) is 14.8 Å². The summed E-state index contributed by atoms with van der Waals surface area (Å²) in [6, 6.07) is -0.576. The van der Waals surface area contributed by atoms with E-state index in [1.54, 1.807) is 16.0 Å². The van der Waals surface area contributed by atoms with Gasteiger partial charge in [0.1, 0.15) is 24.4 Å². The highest BCUT2D eigenvalue weighted by Gasteiger charge is 2.44. The van der Waals surface area contributed by atoms with E-state index in [9.17, 15) is 9.59 Å². The standard InChI is InChI=1S/C13H17N3O3/c1-8-6-14-12(19-8)9(2)16-7-11(17)15-5-3-4-10(15)13(16)18/h6,9-10H,3-5,7H2,1-2H3. The first-order valence-electron chi connectivity index (χ1n) is 6.60. The van der Waals surface area contributed by atoms with Crippen LogP contribution < -0.4 is 0 Å². The van der Waals surface area contributed by atoms with E-state index >= 15 is 0 Å². The third kappa shape index (κ3) is 1.91. The number of carbonyl (C=O) groups is 2. The van der Waals surface area contributed by atoms with Crippen molar-refractivity contribution in [2.45, 2.75) is 38.8 Å². The predicted octanol–water partition coefficient (Wildman–Crippen LogP) is 0.877. The summed E-state index contributed by atoms with van der Waals surface area (Å²) in [6.07, 6.45) is 3.30. The average molecular weight is 263 g/mol. The number of oxazole rings is 1. The lowest BCUT2D eigenvalue weighted by Crippen LogP contribution is -2.57. The van der Waals surface area contributed by atoms with E-state index in [2.05, 4.69) is 4.98 Å². The van der Waals surface area contributed by atoms with Crippen LogP contribution in [0.2, 0.25) is 0 Å². The van der Waals surface area contributed by atoms with Crippen LogP contribution in [0.15, 0.2) is 10.6 Å². The molecule has 2 aliphatic heterocycles. The number of hydrogen-bond acceptors (Lipinski definition) is 4. The highest BCUT2D eigenvalue weighted by atomic mass is 16.4. The van der Waals surface area contributed by atoms with Gasteiger partial charge in [-0.15, -0.1) is 0 Å². The van der Waals surface area contributed by atoms with Crippen molar-refractivity contribution < 1.29 is 14.0 Å². The van der Waals surface area contributed by atoms with Crippen LogP contribution >= 0.6 is 0 Å². The first-order chi connectivity index (χ1) is 9.08. The molecule has 1 aromatic heterocycles. The summed E-state index contributed by atoms with van der Waals surface area (Å²) in [6.45, 7) is 4.49. The quantitative estimate of drug-likeness (QED) is 0.794. The van der Waals surface area contributed by atoms with Gasteiger partial charge in [-0.25, -0.2) is 4.98 Å². The highest BCUT2D eigenvalue weighted by molar-refractivity contribution is 5.95. The van der Waals surface area contributed by atoms with Crippen molar-refractivity contribution in [3.63, 3.8) is 0 Å². The fourth-order valence-electron chi connectivity index (χ4n) is 2.85. The Bertz CT molecular complexity index is 525. The summed E-state index contributed by atoms with van der Waals surface area (Å²) in [5.41, 5.74) is 0. The Kier molecular flexibility index (Phi) is 2.80. The molecule has 3 rings (SSSR count). The Morgan fingerprint density at radius 1 is 1.47 bits per heavy atom. The van der Waals surface area contributed by atoms with Gasteiger partial charge in [-0.1, -0.05) is 0 Å². The van der Waals surface area contributed by atoms with Crippen LogP contribution in [-0.4, -0.2) is 45.7 Å².